The predicted octanol–water partition coefficient (Wildman–Crippen LogP) is 4.80. The van der Waals surface area contributed by atoms with Crippen LogP contribution >= 0.6 is 0 Å². The molecular weight excluding hydrogens is 206 g/mol. The second-order valence-electron chi connectivity index (χ2n) is 4.91. The summed E-state index contributed by atoms with van der Waals surface area (Å²) in [6, 6.07) is 0. The van der Waals surface area contributed by atoms with Crippen molar-refractivity contribution in [3.63, 3.8) is 0 Å². The molecule has 0 bridgehead atoms. The van der Waals surface area contributed by atoms with Crippen LogP contribution in [0.1, 0.15) is 59.3 Å². The zero-order valence-corrected chi connectivity index (χ0v) is 12.3. The van der Waals surface area contributed by atoms with Gasteiger partial charge < -0.3 is 4.90 Å². The Balaban J connectivity index is 0.000000770. The predicted molar refractivity (Wildman–Crippen MR) is 79.4 cm³/mol. The first-order chi connectivity index (χ1) is 8.24. The molecule has 0 saturated heterocycles. The monoisotopic (exact) mass is 237 g/mol. The van der Waals surface area contributed by atoms with E-state index < -0.39 is 0 Å². The molecule has 0 radical (unpaired) electrons. The first kappa shape index (κ1) is 16.4. The molecule has 0 atom stereocenters. The van der Waals surface area contributed by atoms with Crippen LogP contribution in [0.15, 0.2) is 23.8 Å². The summed E-state index contributed by atoms with van der Waals surface area (Å²) in [5, 5.41) is 0. The third kappa shape index (κ3) is 10.3. The fourth-order valence-electron chi connectivity index (χ4n) is 1.74. The van der Waals surface area contributed by atoms with Crippen LogP contribution in [0.2, 0.25) is 0 Å². The van der Waals surface area contributed by atoms with Crippen molar-refractivity contribution >= 4 is 0 Å². The second kappa shape index (κ2) is 11.9. The largest absolute Gasteiger partial charge is 0.306 e. The molecule has 0 aliphatic heterocycles. The van der Waals surface area contributed by atoms with E-state index in [0.29, 0.717) is 0 Å². The zero-order chi connectivity index (χ0) is 12.9. The molecule has 1 heteroatoms. The van der Waals surface area contributed by atoms with E-state index in [-0.39, 0.29) is 0 Å². The average Bonchev–Trinajstić information content (AvgIpc) is 2.36. The Labute approximate surface area is 109 Å². The van der Waals surface area contributed by atoms with Crippen LogP contribution < -0.4 is 0 Å². The smallest absolute Gasteiger partial charge is 0.00156 e. The summed E-state index contributed by atoms with van der Waals surface area (Å²) < 4.78 is 0. The van der Waals surface area contributed by atoms with Crippen LogP contribution in [0.4, 0.5) is 0 Å². The van der Waals surface area contributed by atoms with E-state index in [0.717, 1.165) is 0 Å². The summed E-state index contributed by atoms with van der Waals surface area (Å²) >= 11 is 0. The first-order valence-electron chi connectivity index (χ1n) is 7.27. The number of hydrogen-bond donors (Lipinski definition) is 0. The third-order valence-corrected chi connectivity index (χ3v) is 2.81. The summed E-state index contributed by atoms with van der Waals surface area (Å²) in [5.41, 5.74) is 1.62. The number of hydrogen-bond acceptors (Lipinski definition) is 1. The normalized spacial score (nSPS) is 14.3. The lowest BCUT2D eigenvalue weighted by molar-refractivity contribution is 0.330. The van der Waals surface area contributed by atoms with Crippen LogP contribution in [0.5, 0.6) is 0 Å². The van der Waals surface area contributed by atoms with Crippen LogP contribution in [0, 0.1) is 0 Å². The van der Waals surface area contributed by atoms with Gasteiger partial charge in [0.2, 0.25) is 0 Å². The molecule has 1 rings (SSSR count). The van der Waals surface area contributed by atoms with Gasteiger partial charge >= 0.3 is 0 Å². The minimum Gasteiger partial charge on any atom is -0.306 e. The fourth-order valence-corrected chi connectivity index (χ4v) is 1.74. The minimum atomic E-state index is 1.22. The van der Waals surface area contributed by atoms with Crippen LogP contribution in [-0.2, 0) is 0 Å². The van der Waals surface area contributed by atoms with E-state index in [9.17, 15) is 0 Å². The van der Waals surface area contributed by atoms with Crippen molar-refractivity contribution in [3.05, 3.63) is 23.8 Å². The Kier molecular flexibility index (Phi) is 11.5. The van der Waals surface area contributed by atoms with E-state index in [1.807, 2.05) is 0 Å². The summed E-state index contributed by atoms with van der Waals surface area (Å²) in [7, 11) is 2.23. The average molecular weight is 237 g/mol. The van der Waals surface area contributed by atoms with Gasteiger partial charge in [-0.1, -0.05) is 57.4 Å². The summed E-state index contributed by atoms with van der Waals surface area (Å²) in [6.45, 7) is 8.97. The Morgan fingerprint density at radius 3 is 2.41 bits per heavy atom. The molecule has 0 aromatic rings. The van der Waals surface area contributed by atoms with E-state index in [1.54, 1.807) is 5.57 Å². The molecule has 0 N–H and O–H groups in total. The zero-order valence-electron chi connectivity index (χ0n) is 12.3. The molecular formula is C16H31N. The van der Waals surface area contributed by atoms with E-state index >= 15 is 0 Å². The topological polar surface area (TPSA) is 3.24 Å². The minimum absolute atomic E-state index is 1.22. The van der Waals surface area contributed by atoms with E-state index in [1.165, 1.54) is 51.6 Å². The fraction of sp³-hybridized carbons (Fsp3) is 0.750. The van der Waals surface area contributed by atoms with Gasteiger partial charge in [-0.25, -0.2) is 0 Å². The van der Waals surface area contributed by atoms with Crippen molar-refractivity contribution < 1.29 is 0 Å². The molecule has 0 saturated carbocycles. The molecule has 0 heterocycles. The second-order valence-corrected chi connectivity index (χ2v) is 4.91. The molecule has 1 nitrogen and oxygen atoms in total. The van der Waals surface area contributed by atoms with Gasteiger partial charge in [-0.15, -0.1) is 0 Å². The maximum atomic E-state index is 2.45. The van der Waals surface area contributed by atoms with Crippen LogP contribution in [0.25, 0.3) is 0 Å². The van der Waals surface area contributed by atoms with Gasteiger partial charge in [0.25, 0.3) is 0 Å². The highest BCUT2D eigenvalue weighted by atomic mass is 15.1. The van der Waals surface area contributed by atoms with Crippen molar-refractivity contribution in [1.29, 1.82) is 0 Å². The Morgan fingerprint density at radius 2 is 1.88 bits per heavy atom. The van der Waals surface area contributed by atoms with Crippen molar-refractivity contribution in [2.45, 2.75) is 59.3 Å². The summed E-state index contributed by atoms with van der Waals surface area (Å²) in [5.74, 6) is 0. The van der Waals surface area contributed by atoms with Gasteiger partial charge in [-0.2, -0.15) is 0 Å². The highest BCUT2D eigenvalue weighted by molar-refractivity contribution is 5.17. The van der Waals surface area contributed by atoms with Crippen molar-refractivity contribution in [2.24, 2.45) is 0 Å². The molecule has 0 amide bonds. The SMILES string of the molecule is CCC.CCCCN(C)CCC1=CC=CCC1. The molecule has 1 aliphatic carbocycles. The Morgan fingerprint density at radius 1 is 1.18 bits per heavy atom. The van der Waals surface area contributed by atoms with Gasteiger partial charge in [0, 0.05) is 6.54 Å². The quantitative estimate of drug-likeness (QED) is 0.641. The van der Waals surface area contributed by atoms with Crippen LogP contribution in [-0.4, -0.2) is 25.0 Å². The first-order valence-corrected chi connectivity index (χ1v) is 7.27. The number of nitrogens with zero attached hydrogens (tertiary/aromatic N) is 1. The van der Waals surface area contributed by atoms with Crippen molar-refractivity contribution in [2.75, 3.05) is 20.1 Å². The van der Waals surface area contributed by atoms with Crippen molar-refractivity contribution in [1.82, 2.24) is 4.90 Å². The molecule has 0 unspecified atom stereocenters. The lowest BCUT2D eigenvalue weighted by Gasteiger charge is -2.17. The van der Waals surface area contributed by atoms with Gasteiger partial charge in [-0.05, 0) is 39.3 Å². The number of rotatable bonds is 6. The maximum Gasteiger partial charge on any atom is 0.00156 e. The van der Waals surface area contributed by atoms with Crippen LogP contribution in [0.3, 0.4) is 0 Å². The van der Waals surface area contributed by atoms with Gasteiger partial charge in [-0.3, -0.25) is 0 Å². The van der Waals surface area contributed by atoms with E-state index in [4.69, 9.17) is 0 Å². The van der Waals surface area contributed by atoms with Gasteiger partial charge in [0.05, 0.1) is 0 Å². The van der Waals surface area contributed by atoms with Gasteiger partial charge in [0.15, 0.2) is 0 Å². The molecule has 0 spiro atoms. The highest BCUT2D eigenvalue weighted by Crippen LogP contribution is 2.15. The molecule has 1 aliphatic rings. The standard InChI is InChI=1S/C13H23N.C3H8/c1-3-4-11-14(2)12-10-13-8-6-5-7-9-13;1-3-2/h5-6,8H,3-4,7,9-12H2,1-2H3;3H2,1-2H3. The maximum absolute atomic E-state index is 2.45. The lowest BCUT2D eigenvalue weighted by Crippen LogP contribution is -2.21. The molecule has 0 aromatic heterocycles. The summed E-state index contributed by atoms with van der Waals surface area (Å²) in [6.07, 6.45) is 14.4. The molecule has 0 fully saturated rings. The number of allylic oxidation sites excluding steroid dienone is 3. The Bertz CT molecular complexity index is 216. The summed E-state index contributed by atoms with van der Waals surface area (Å²) in [4.78, 5) is 2.45. The molecule has 0 aromatic carbocycles. The van der Waals surface area contributed by atoms with Gasteiger partial charge in [0.1, 0.15) is 0 Å². The lowest BCUT2D eigenvalue weighted by atomic mass is 10.0. The number of unbranched alkanes of at least 4 members (excludes halogenated alkanes) is 1. The van der Waals surface area contributed by atoms with E-state index in [2.05, 4.69) is 50.9 Å². The third-order valence-electron chi connectivity index (χ3n) is 2.81. The molecule has 17 heavy (non-hydrogen) atoms. The molecule has 100 valence electrons. The highest BCUT2D eigenvalue weighted by Gasteiger charge is 2.02. The Hall–Kier alpha value is -0.560. The van der Waals surface area contributed by atoms with Crippen molar-refractivity contribution in [3.8, 4) is 0 Å².